The number of ether oxygens (including phenoxy) is 1. The molecule has 0 bridgehead atoms. The van der Waals surface area contributed by atoms with Gasteiger partial charge in [0.05, 0.1) is 6.07 Å². The molecule has 1 rings (SSSR count). The molecule has 114 valence electrons. The Kier molecular flexibility index (Phi) is 7.78. The number of hydrogen-bond acceptors (Lipinski definition) is 3. The Balaban J connectivity index is 0.00000400. The number of nitriles is 1. The topological polar surface area (TPSA) is 53.3 Å². The van der Waals surface area contributed by atoms with Crippen LogP contribution in [0.1, 0.15) is 33.6 Å². The van der Waals surface area contributed by atoms with E-state index in [0.29, 0.717) is 0 Å². The van der Waals surface area contributed by atoms with Gasteiger partial charge in [0.1, 0.15) is 5.60 Å². The van der Waals surface area contributed by atoms with Gasteiger partial charge >= 0.3 is 64.5 Å². The van der Waals surface area contributed by atoms with Gasteiger partial charge in [-0.2, -0.15) is 5.26 Å². The zero-order chi connectivity index (χ0) is 15.6. The number of amides is 1. The molecule has 0 aromatic heterocycles. The maximum atomic E-state index is 12.6. The van der Waals surface area contributed by atoms with E-state index in [1.54, 1.807) is 26.8 Å². The number of likely N-dealkylation sites (tertiary alicyclic amines) is 1. The van der Waals surface area contributed by atoms with Crippen molar-refractivity contribution in [2.45, 2.75) is 45.5 Å². The molecule has 0 saturated carbocycles. The largest absolute Gasteiger partial charge is 1.00 e. The molecule has 4 nitrogen and oxygen atoms in total. The van der Waals surface area contributed by atoms with Crippen molar-refractivity contribution in [1.29, 1.82) is 5.26 Å². The van der Waals surface area contributed by atoms with Crippen molar-refractivity contribution < 1.29 is 73.9 Å². The van der Waals surface area contributed by atoms with Crippen molar-refractivity contribution in [3.63, 3.8) is 0 Å². The Morgan fingerprint density at radius 1 is 1.33 bits per heavy atom. The molecule has 1 heterocycles. The summed E-state index contributed by atoms with van der Waals surface area (Å²) in [7, 11) is 0. The van der Waals surface area contributed by atoms with Gasteiger partial charge in [0, 0.05) is 18.5 Å². The number of carbonyl (C=O) groups is 1. The van der Waals surface area contributed by atoms with Crippen molar-refractivity contribution in [3.8, 4) is 6.07 Å². The van der Waals surface area contributed by atoms with Crippen molar-refractivity contribution in [2.75, 3.05) is 13.1 Å². The number of nitrogens with zero attached hydrogens (tertiary/aromatic N) is 2. The maximum absolute atomic E-state index is 12.6. The van der Waals surface area contributed by atoms with Gasteiger partial charge in [0.25, 0.3) is 0 Å². The number of piperidine rings is 1. The first kappa shape index (κ1) is 21.3. The van der Waals surface area contributed by atoms with Crippen LogP contribution in [0.4, 0.5) is 17.7 Å². The van der Waals surface area contributed by atoms with E-state index in [1.807, 2.05) is 0 Å². The van der Waals surface area contributed by atoms with Crippen molar-refractivity contribution >= 4 is 13.1 Å². The van der Waals surface area contributed by atoms with Gasteiger partial charge in [-0.1, -0.05) is 6.32 Å². The van der Waals surface area contributed by atoms with Crippen LogP contribution in [0.15, 0.2) is 0 Å². The minimum atomic E-state index is -5.01. The molecule has 1 aliphatic rings. The Morgan fingerprint density at radius 2 is 1.81 bits per heavy atom. The molecule has 0 aromatic carbocycles. The van der Waals surface area contributed by atoms with Crippen LogP contribution in [0.2, 0.25) is 6.32 Å². The Hall–Kier alpha value is 0.251. The Bertz CT molecular complexity index is 410. The molecule has 21 heavy (non-hydrogen) atoms. The van der Waals surface area contributed by atoms with Crippen molar-refractivity contribution in [2.24, 2.45) is 5.41 Å². The minimum absolute atomic E-state index is 0. The van der Waals surface area contributed by atoms with Gasteiger partial charge in [0.2, 0.25) is 0 Å². The average Bonchev–Trinajstić information content (AvgIpc) is 2.25. The second kappa shape index (κ2) is 7.68. The van der Waals surface area contributed by atoms with Gasteiger partial charge in [-0.05, 0) is 33.6 Å². The van der Waals surface area contributed by atoms with Gasteiger partial charge in [-0.3, -0.25) is 0 Å². The summed E-state index contributed by atoms with van der Waals surface area (Å²) < 4.78 is 42.8. The van der Waals surface area contributed by atoms with Crippen molar-refractivity contribution in [3.05, 3.63) is 0 Å². The molecule has 0 radical (unpaired) electrons. The summed E-state index contributed by atoms with van der Waals surface area (Å²) in [6, 6.07) is 1.80. The normalized spacial score (nSPS) is 18.4. The molecule has 0 unspecified atom stereocenters. The van der Waals surface area contributed by atoms with E-state index in [0.717, 1.165) is 0 Å². The summed E-state index contributed by atoms with van der Waals surface area (Å²) in [6.07, 6.45) is -1.54. The third-order valence-corrected chi connectivity index (χ3v) is 3.23. The van der Waals surface area contributed by atoms with E-state index in [9.17, 15) is 17.7 Å². The van der Waals surface area contributed by atoms with E-state index in [-0.39, 0.29) is 77.3 Å². The summed E-state index contributed by atoms with van der Waals surface area (Å²) in [5.74, 6) is 0. The zero-order valence-corrected chi connectivity index (χ0v) is 16.1. The third kappa shape index (κ3) is 7.37. The molecule has 0 atom stereocenters. The summed E-state index contributed by atoms with van der Waals surface area (Å²) >= 11 is 0. The summed E-state index contributed by atoms with van der Waals surface area (Å²) in [5.41, 5.74) is -2.04. The van der Waals surface area contributed by atoms with Crippen LogP contribution < -0.4 is 51.4 Å². The van der Waals surface area contributed by atoms with Gasteiger partial charge in [-0.15, -0.1) is 0 Å². The predicted octanol–water partition coefficient (Wildman–Crippen LogP) is 0.379. The number of hydrogen-bond donors (Lipinski definition) is 0. The molecule has 0 N–H and O–H groups in total. The average molecular weight is 330 g/mol. The summed E-state index contributed by atoms with van der Waals surface area (Å²) in [5, 5.41) is 9.04. The predicted molar refractivity (Wildman–Crippen MR) is 69.0 cm³/mol. The Morgan fingerprint density at radius 3 is 2.14 bits per heavy atom. The molecule has 0 aliphatic carbocycles. The molecule has 1 saturated heterocycles. The number of carbonyl (C=O) groups excluding carboxylic acids is 1. The van der Waals surface area contributed by atoms with Crippen LogP contribution in [0.25, 0.3) is 0 Å². The Labute approximate surface area is 165 Å². The summed E-state index contributed by atoms with van der Waals surface area (Å²) in [6.45, 7) is 0.401. The van der Waals surface area contributed by atoms with Crippen LogP contribution in [0.3, 0.4) is 0 Å². The molecule has 0 spiro atoms. The fourth-order valence-corrected chi connectivity index (χ4v) is 2.25. The zero-order valence-electron chi connectivity index (χ0n) is 13.0. The van der Waals surface area contributed by atoms with E-state index < -0.39 is 30.4 Å². The second-order valence-electron chi connectivity index (χ2n) is 6.27. The van der Waals surface area contributed by atoms with Gasteiger partial charge in [-0.25, -0.2) is 4.79 Å². The van der Waals surface area contributed by atoms with Crippen LogP contribution >= 0.6 is 0 Å². The summed E-state index contributed by atoms with van der Waals surface area (Å²) in [4.78, 5) is 13.2. The van der Waals surface area contributed by atoms with Crippen LogP contribution in [-0.2, 0) is 4.74 Å². The second-order valence-corrected chi connectivity index (χ2v) is 6.27. The smallest absolute Gasteiger partial charge is 0.449 e. The molecule has 0 aromatic rings. The quantitative estimate of drug-likeness (QED) is 0.688. The number of rotatable bonds is 2. The molecular formula is C12H19BF3KN2O2. The molecule has 1 amide bonds. The van der Waals surface area contributed by atoms with Crippen LogP contribution in [-0.4, -0.2) is 36.7 Å². The first-order valence-corrected chi connectivity index (χ1v) is 6.57. The monoisotopic (exact) mass is 330 g/mol. The van der Waals surface area contributed by atoms with Gasteiger partial charge < -0.3 is 22.6 Å². The molecule has 9 heteroatoms. The van der Waals surface area contributed by atoms with E-state index in [1.165, 1.54) is 4.90 Å². The molecule has 1 aliphatic heterocycles. The molecular weight excluding hydrogens is 311 g/mol. The van der Waals surface area contributed by atoms with E-state index in [2.05, 4.69) is 0 Å². The van der Waals surface area contributed by atoms with Crippen molar-refractivity contribution in [1.82, 2.24) is 4.90 Å². The number of halogens is 3. The SMILES string of the molecule is CC(C)(C)OC(=O)N1CCC(C#N)(C[B-](F)(F)F)CC1.[K+]. The van der Waals surface area contributed by atoms with E-state index >= 15 is 0 Å². The fraction of sp³-hybridized carbons (Fsp3) is 0.833. The fourth-order valence-electron chi connectivity index (χ4n) is 2.25. The first-order chi connectivity index (χ1) is 8.96. The van der Waals surface area contributed by atoms with Crippen LogP contribution in [0.5, 0.6) is 0 Å². The van der Waals surface area contributed by atoms with Gasteiger partial charge in [0.15, 0.2) is 0 Å². The third-order valence-electron chi connectivity index (χ3n) is 3.23. The molecule has 1 fully saturated rings. The minimum Gasteiger partial charge on any atom is -0.449 e. The van der Waals surface area contributed by atoms with E-state index in [4.69, 9.17) is 10.00 Å². The first-order valence-electron chi connectivity index (χ1n) is 6.57. The van der Waals surface area contributed by atoms with Crippen LogP contribution in [0, 0.1) is 16.7 Å². The standard InChI is InChI=1S/C12H19BF3N2O2.K/c1-11(2,3)20-10(19)18-6-4-12(9-17,5-7-18)8-13(14,15)16;/h4-8H2,1-3H3;/q-1;+1. The maximum Gasteiger partial charge on any atom is 1.00 e.